The van der Waals surface area contributed by atoms with Crippen molar-refractivity contribution in [1.82, 2.24) is 25.1 Å². The standard InChI is InChI=1S/C18H19N5O/c1-14(10-16-7-4-5-9-20-16)22-18(24)17-8-3-2-6-15(17)11-23-13-19-12-21-23/h2-9,12-14H,10-11H2,1H3,(H,22,24)/t14-/m1/s1. The summed E-state index contributed by atoms with van der Waals surface area (Å²) >= 11 is 0. The number of amides is 1. The van der Waals surface area contributed by atoms with Gasteiger partial charge in [-0.3, -0.25) is 9.78 Å². The van der Waals surface area contributed by atoms with E-state index in [0.29, 0.717) is 18.5 Å². The molecule has 2 aromatic heterocycles. The van der Waals surface area contributed by atoms with Gasteiger partial charge in [0.15, 0.2) is 0 Å². The number of carbonyl (C=O) groups excluding carboxylic acids is 1. The van der Waals surface area contributed by atoms with Crippen molar-refractivity contribution in [2.45, 2.75) is 25.9 Å². The van der Waals surface area contributed by atoms with E-state index in [1.165, 1.54) is 6.33 Å². The van der Waals surface area contributed by atoms with E-state index in [-0.39, 0.29) is 11.9 Å². The molecule has 1 atom stereocenters. The predicted molar refractivity (Wildman–Crippen MR) is 90.4 cm³/mol. The van der Waals surface area contributed by atoms with Crippen molar-refractivity contribution >= 4 is 5.91 Å². The molecule has 6 nitrogen and oxygen atoms in total. The first-order valence-corrected chi connectivity index (χ1v) is 7.83. The number of aromatic nitrogens is 4. The molecule has 0 saturated heterocycles. The van der Waals surface area contributed by atoms with E-state index in [0.717, 1.165) is 11.3 Å². The fourth-order valence-corrected chi connectivity index (χ4v) is 2.55. The highest BCUT2D eigenvalue weighted by Crippen LogP contribution is 2.11. The van der Waals surface area contributed by atoms with E-state index in [2.05, 4.69) is 20.4 Å². The van der Waals surface area contributed by atoms with E-state index in [9.17, 15) is 4.79 Å². The maximum absolute atomic E-state index is 12.6. The fraction of sp³-hybridized carbons (Fsp3) is 0.222. The van der Waals surface area contributed by atoms with Crippen molar-refractivity contribution < 1.29 is 4.79 Å². The minimum absolute atomic E-state index is 0.00757. The predicted octanol–water partition coefficient (Wildman–Crippen LogP) is 2.08. The molecule has 122 valence electrons. The molecule has 1 N–H and O–H groups in total. The Labute approximate surface area is 140 Å². The van der Waals surface area contributed by atoms with E-state index < -0.39 is 0 Å². The van der Waals surface area contributed by atoms with Crippen molar-refractivity contribution in [2.75, 3.05) is 0 Å². The lowest BCUT2D eigenvalue weighted by atomic mass is 10.1. The van der Waals surface area contributed by atoms with Crippen molar-refractivity contribution in [3.63, 3.8) is 0 Å². The average Bonchev–Trinajstić information content (AvgIpc) is 3.09. The summed E-state index contributed by atoms with van der Waals surface area (Å²) in [6, 6.07) is 13.3. The summed E-state index contributed by atoms with van der Waals surface area (Å²) < 4.78 is 1.70. The van der Waals surface area contributed by atoms with Crippen molar-refractivity contribution in [2.24, 2.45) is 0 Å². The molecule has 0 aliphatic heterocycles. The Bertz CT molecular complexity index is 786. The molecule has 3 rings (SSSR count). The molecule has 0 fully saturated rings. The zero-order chi connectivity index (χ0) is 16.8. The van der Waals surface area contributed by atoms with Gasteiger partial charge in [0.05, 0.1) is 6.54 Å². The second-order valence-corrected chi connectivity index (χ2v) is 5.65. The van der Waals surface area contributed by atoms with Crippen LogP contribution >= 0.6 is 0 Å². The zero-order valence-corrected chi connectivity index (χ0v) is 13.5. The molecule has 1 amide bonds. The Morgan fingerprint density at radius 1 is 1.21 bits per heavy atom. The molecule has 6 heteroatoms. The van der Waals surface area contributed by atoms with Gasteiger partial charge in [0.1, 0.15) is 12.7 Å². The molecule has 2 heterocycles. The fourth-order valence-electron chi connectivity index (χ4n) is 2.55. The van der Waals surface area contributed by atoms with E-state index in [1.54, 1.807) is 17.2 Å². The number of rotatable bonds is 6. The molecule has 0 aliphatic carbocycles. The highest BCUT2D eigenvalue weighted by atomic mass is 16.1. The first-order valence-electron chi connectivity index (χ1n) is 7.83. The van der Waals surface area contributed by atoms with Gasteiger partial charge >= 0.3 is 0 Å². The SMILES string of the molecule is C[C@H](Cc1ccccn1)NC(=O)c1ccccc1Cn1cncn1. The summed E-state index contributed by atoms with van der Waals surface area (Å²) in [6.45, 7) is 2.49. The van der Waals surface area contributed by atoms with Gasteiger partial charge in [-0.1, -0.05) is 24.3 Å². The summed E-state index contributed by atoms with van der Waals surface area (Å²) in [5.41, 5.74) is 2.52. The zero-order valence-electron chi connectivity index (χ0n) is 13.5. The second kappa shape index (κ2) is 7.50. The van der Waals surface area contributed by atoms with E-state index in [4.69, 9.17) is 0 Å². The van der Waals surface area contributed by atoms with Gasteiger partial charge in [-0.05, 0) is 30.7 Å². The van der Waals surface area contributed by atoms with Crippen LogP contribution in [0.1, 0.15) is 28.5 Å². The molecule has 0 aliphatic rings. The van der Waals surface area contributed by atoms with Crippen molar-refractivity contribution in [3.05, 3.63) is 78.1 Å². The van der Waals surface area contributed by atoms with Crippen LogP contribution in [0.3, 0.4) is 0 Å². The largest absolute Gasteiger partial charge is 0.349 e. The van der Waals surface area contributed by atoms with Crippen LogP contribution in [0.15, 0.2) is 61.3 Å². The van der Waals surface area contributed by atoms with Gasteiger partial charge in [0, 0.05) is 29.9 Å². The summed E-state index contributed by atoms with van der Waals surface area (Å²) in [7, 11) is 0. The highest BCUT2D eigenvalue weighted by molar-refractivity contribution is 5.95. The van der Waals surface area contributed by atoms with Gasteiger partial charge in [0.25, 0.3) is 5.91 Å². The monoisotopic (exact) mass is 321 g/mol. The number of nitrogens with one attached hydrogen (secondary N) is 1. The molecule has 3 aromatic rings. The number of nitrogens with zero attached hydrogens (tertiary/aromatic N) is 4. The third kappa shape index (κ3) is 4.04. The molecule has 1 aromatic carbocycles. The lowest BCUT2D eigenvalue weighted by molar-refractivity contribution is 0.0939. The Morgan fingerprint density at radius 3 is 2.79 bits per heavy atom. The van der Waals surface area contributed by atoms with Gasteiger partial charge in [0.2, 0.25) is 0 Å². The van der Waals surface area contributed by atoms with Gasteiger partial charge < -0.3 is 5.32 Å². The van der Waals surface area contributed by atoms with Gasteiger partial charge in [-0.15, -0.1) is 0 Å². The van der Waals surface area contributed by atoms with Crippen LogP contribution in [0.2, 0.25) is 0 Å². The Morgan fingerprint density at radius 2 is 2.04 bits per heavy atom. The molecule has 0 unspecified atom stereocenters. The average molecular weight is 321 g/mol. The smallest absolute Gasteiger partial charge is 0.251 e. The summed E-state index contributed by atoms with van der Waals surface area (Å²) in [5, 5.41) is 7.13. The van der Waals surface area contributed by atoms with Crippen LogP contribution in [0.4, 0.5) is 0 Å². The van der Waals surface area contributed by atoms with Crippen molar-refractivity contribution in [3.8, 4) is 0 Å². The third-order valence-electron chi connectivity index (χ3n) is 3.68. The Kier molecular flexibility index (Phi) is 4.96. The maximum Gasteiger partial charge on any atom is 0.251 e. The Hall–Kier alpha value is -3.02. The van der Waals surface area contributed by atoms with Crippen LogP contribution in [0.5, 0.6) is 0 Å². The van der Waals surface area contributed by atoms with Gasteiger partial charge in [-0.2, -0.15) is 5.10 Å². The highest BCUT2D eigenvalue weighted by Gasteiger charge is 2.14. The van der Waals surface area contributed by atoms with Crippen molar-refractivity contribution in [1.29, 1.82) is 0 Å². The summed E-state index contributed by atoms with van der Waals surface area (Å²) in [5.74, 6) is -0.0888. The Balaban J connectivity index is 1.68. The molecule has 0 bridgehead atoms. The van der Waals surface area contributed by atoms with E-state index >= 15 is 0 Å². The lowest BCUT2D eigenvalue weighted by Gasteiger charge is -2.15. The van der Waals surface area contributed by atoms with Crippen LogP contribution in [0, 0.1) is 0 Å². The normalized spacial score (nSPS) is 11.9. The van der Waals surface area contributed by atoms with Crippen LogP contribution in [0.25, 0.3) is 0 Å². The van der Waals surface area contributed by atoms with Crippen LogP contribution < -0.4 is 5.32 Å². The van der Waals surface area contributed by atoms with E-state index in [1.807, 2.05) is 49.4 Å². The molecule has 0 saturated carbocycles. The minimum Gasteiger partial charge on any atom is -0.349 e. The lowest BCUT2D eigenvalue weighted by Crippen LogP contribution is -2.35. The molecular weight excluding hydrogens is 302 g/mol. The minimum atomic E-state index is -0.0888. The van der Waals surface area contributed by atoms with Crippen LogP contribution in [-0.4, -0.2) is 31.7 Å². The molecule has 24 heavy (non-hydrogen) atoms. The number of benzene rings is 1. The molecule has 0 spiro atoms. The first-order chi connectivity index (χ1) is 11.7. The third-order valence-corrected chi connectivity index (χ3v) is 3.68. The number of hydrogen-bond donors (Lipinski definition) is 1. The second-order valence-electron chi connectivity index (χ2n) is 5.65. The number of carbonyl (C=O) groups is 1. The quantitative estimate of drug-likeness (QED) is 0.754. The maximum atomic E-state index is 12.6. The van der Waals surface area contributed by atoms with Crippen LogP contribution in [-0.2, 0) is 13.0 Å². The number of hydrogen-bond acceptors (Lipinski definition) is 4. The number of pyridine rings is 1. The summed E-state index contributed by atoms with van der Waals surface area (Å²) in [6.07, 6.45) is 5.57. The summed E-state index contributed by atoms with van der Waals surface area (Å²) in [4.78, 5) is 20.8. The molecule has 0 radical (unpaired) electrons. The molecular formula is C18H19N5O. The van der Waals surface area contributed by atoms with Gasteiger partial charge in [-0.25, -0.2) is 9.67 Å². The topological polar surface area (TPSA) is 72.7 Å². The first kappa shape index (κ1) is 15.9.